The van der Waals surface area contributed by atoms with Crippen LogP contribution in [-0.2, 0) is 0 Å². The van der Waals surface area contributed by atoms with Crippen LogP contribution in [0, 0.1) is 0 Å². The molecule has 0 unspecified atom stereocenters. The third kappa shape index (κ3) is 1.85. The first-order valence-corrected chi connectivity index (χ1v) is 6.32. The molecule has 0 atom stereocenters. The van der Waals surface area contributed by atoms with Gasteiger partial charge in [0.15, 0.2) is 11.5 Å². The Kier molecular flexibility index (Phi) is 2.78. The Morgan fingerprint density at radius 1 is 1.35 bits per heavy atom. The molecule has 0 aliphatic carbocycles. The van der Waals surface area contributed by atoms with Crippen molar-refractivity contribution in [1.82, 2.24) is 18.9 Å². The molecule has 0 amide bonds. The largest absolute Gasteiger partial charge is 0.476 e. The van der Waals surface area contributed by atoms with Gasteiger partial charge in [0.1, 0.15) is 5.69 Å². The lowest BCUT2D eigenvalue weighted by Gasteiger charge is -2.03. The molecule has 3 aromatic heterocycles. The minimum atomic E-state index is -1.04. The highest BCUT2D eigenvalue weighted by atomic mass is 16.4. The number of aromatic nitrogens is 4. The van der Waals surface area contributed by atoms with E-state index in [-0.39, 0.29) is 5.69 Å². The van der Waals surface area contributed by atoms with Crippen LogP contribution in [0.25, 0.3) is 17.0 Å². The lowest BCUT2D eigenvalue weighted by Crippen LogP contribution is -1.97. The normalized spacial score (nSPS) is 11.3. The number of fused-ring (bicyclic) bond motifs is 1. The van der Waals surface area contributed by atoms with Crippen molar-refractivity contribution < 1.29 is 9.90 Å². The molecule has 6 heteroatoms. The van der Waals surface area contributed by atoms with Crippen molar-refractivity contribution >= 4 is 11.5 Å². The first-order valence-electron chi connectivity index (χ1n) is 6.32. The van der Waals surface area contributed by atoms with Gasteiger partial charge in [0.2, 0.25) is 0 Å². The maximum Gasteiger partial charge on any atom is 0.356 e. The summed E-state index contributed by atoms with van der Waals surface area (Å²) in [4.78, 5) is 19.8. The van der Waals surface area contributed by atoms with Gasteiger partial charge >= 0.3 is 5.97 Å². The highest BCUT2D eigenvalue weighted by molar-refractivity contribution is 5.94. The monoisotopic (exact) mass is 270 g/mol. The molecule has 0 radical (unpaired) electrons. The van der Waals surface area contributed by atoms with Crippen molar-refractivity contribution in [2.24, 2.45) is 0 Å². The molecule has 0 saturated heterocycles. The standard InChI is InChI=1S/C14H14N4O2/c1-9(2)17-7-10(15-8-17)13-16-12(14(19)20)11-5-3-4-6-18(11)13/h3-9H,1-2H3,(H,19,20). The van der Waals surface area contributed by atoms with E-state index in [2.05, 4.69) is 23.8 Å². The Labute approximate surface area is 115 Å². The van der Waals surface area contributed by atoms with Crippen LogP contribution in [0.5, 0.6) is 0 Å². The molecule has 6 nitrogen and oxygen atoms in total. The number of hydrogen-bond donors (Lipinski definition) is 1. The highest BCUT2D eigenvalue weighted by Gasteiger charge is 2.18. The Bertz CT molecular complexity index is 785. The zero-order valence-electron chi connectivity index (χ0n) is 11.2. The molecular formula is C14H14N4O2. The fraction of sp³-hybridized carbons (Fsp3) is 0.214. The molecule has 0 aliphatic rings. The number of carbonyl (C=O) groups is 1. The zero-order chi connectivity index (χ0) is 14.3. The SMILES string of the molecule is CC(C)n1cnc(-c2nc(C(=O)O)c3ccccn23)c1. The van der Waals surface area contributed by atoms with Crippen LogP contribution in [0.1, 0.15) is 30.4 Å². The van der Waals surface area contributed by atoms with Crippen molar-refractivity contribution in [1.29, 1.82) is 0 Å². The Morgan fingerprint density at radius 2 is 2.15 bits per heavy atom. The summed E-state index contributed by atoms with van der Waals surface area (Å²) >= 11 is 0. The molecule has 20 heavy (non-hydrogen) atoms. The van der Waals surface area contributed by atoms with Gasteiger partial charge in [-0.3, -0.25) is 4.40 Å². The predicted octanol–water partition coefficient (Wildman–Crippen LogP) is 2.48. The van der Waals surface area contributed by atoms with Crippen LogP contribution < -0.4 is 0 Å². The smallest absolute Gasteiger partial charge is 0.356 e. The summed E-state index contributed by atoms with van der Waals surface area (Å²) in [5, 5.41) is 9.24. The van der Waals surface area contributed by atoms with E-state index in [0.717, 1.165) is 0 Å². The number of rotatable bonds is 3. The number of imidazole rings is 2. The summed E-state index contributed by atoms with van der Waals surface area (Å²) in [5.74, 6) is -0.499. The maximum atomic E-state index is 11.3. The predicted molar refractivity (Wildman–Crippen MR) is 73.8 cm³/mol. The number of pyridine rings is 1. The first kappa shape index (κ1) is 12.4. The fourth-order valence-corrected chi connectivity index (χ4v) is 2.11. The molecule has 1 N–H and O–H groups in total. The first-order chi connectivity index (χ1) is 9.58. The van der Waals surface area contributed by atoms with E-state index < -0.39 is 5.97 Å². The number of aromatic carboxylic acids is 1. The van der Waals surface area contributed by atoms with E-state index >= 15 is 0 Å². The molecule has 0 fully saturated rings. The maximum absolute atomic E-state index is 11.3. The van der Waals surface area contributed by atoms with Crippen LogP contribution in [0.4, 0.5) is 0 Å². The second kappa shape index (κ2) is 4.48. The Morgan fingerprint density at radius 3 is 2.80 bits per heavy atom. The number of nitrogens with zero attached hydrogens (tertiary/aromatic N) is 4. The van der Waals surface area contributed by atoms with Crippen molar-refractivity contribution in [3.05, 3.63) is 42.6 Å². The van der Waals surface area contributed by atoms with Gasteiger partial charge in [0, 0.05) is 18.4 Å². The van der Waals surface area contributed by atoms with E-state index in [1.165, 1.54) is 0 Å². The average molecular weight is 270 g/mol. The van der Waals surface area contributed by atoms with E-state index in [1.54, 1.807) is 29.1 Å². The van der Waals surface area contributed by atoms with Crippen molar-refractivity contribution in [3.63, 3.8) is 0 Å². The second-order valence-corrected chi connectivity index (χ2v) is 4.84. The molecule has 3 heterocycles. The number of carboxylic acids is 1. The summed E-state index contributed by atoms with van der Waals surface area (Å²) in [6.07, 6.45) is 5.39. The van der Waals surface area contributed by atoms with Gasteiger partial charge in [-0.2, -0.15) is 0 Å². The van der Waals surface area contributed by atoms with Gasteiger partial charge in [-0.05, 0) is 26.0 Å². The molecule has 0 saturated carbocycles. The molecule has 3 aromatic rings. The van der Waals surface area contributed by atoms with Crippen LogP contribution in [0.3, 0.4) is 0 Å². The van der Waals surface area contributed by atoms with Crippen LogP contribution in [0.15, 0.2) is 36.9 Å². The van der Waals surface area contributed by atoms with Crippen molar-refractivity contribution in [2.45, 2.75) is 19.9 Å². The van der Waals surface area contributed by atoms with E-state index in [1.807, 2.05) is 16.8 Å². The Hall–Kier alpha value is -2.63. The lowest BCUT2D eigenvalue weighted by molar-refractivity contribution is 0.0693. The van der Waals surface area contributed by atoms with E-state index in [4.69, 9.17) is 0 Å². The number of carboxylic acid groups (broad SMARTS) is 1. The minimum absolute atomic E-state index is 0.0414. The third-order valence-corrected chi connectivity index (χ3v) is 3.18. The molecule has 0 aromatic carbocycles. The minimum Gasteiger partial charge on any atom is -0.476 e. The number of hydrogen-bond acceptors (Lipinski definition) is 3. The average Bonchev–Trinajstić information content (AvgIpc) is 3.02. The second-order valence-electron chi connectivity index (χ2n) is 4.84. The van der Waals surface area contributed by atoms with Gasteiger partial charge in [-0.25, -0.2) is 14.8 Å². The summed E-state index contributed by atoms with van der Waals surface area (Å²) in [6, 6.07) is 5.66. The molecule has 0 aliphatic heterocycles. The van der Waals surface area contributed by atoms with Gasteiger partial charge in [-0.15, -0.1) is 0 Å². The summed E-state index contributed by atoms with van der Waals surface area (Å²) in [5.41, 5.74) is 1.26. The molecule has 0 spiro atoms. The van der Waals surface area contributed by atoms with Crippen molar-refractivity contribution in [2.75, 3.05) is 0 Å². The van der Waals surface area contributed by atoms with Gasteiger partial charge < -0.3 is 9.67 Å². The van der Waals surface area contributed by atoms with Gasteiger partial charge in [-0.1, -0.05) is 6.07 Å². The van der Waals surface area contributed by atoms with Gasteiger partial charge in [0.25, 0.3) is 0 Å². The van der Waals surface area contributed by atoms with Crippen LogP contribution in [0.2, 0.25) is 0 Å². The quantitative estimate of drug-likeness (QED) is 0.793. The van der Waals surface area contributed by atoms with E-state index in [0.29, 0.717) is 23.1 Å². The highest BCUT2D eigenvalue weighted by Crippen LogP contribution is 2.22. The summed E-state index contributed by atoms with van der Waals surface area (Å²) in [6.45, 7) is 4.11. The molecular weight excluding hydrogens is 256 g/mol. The van der Waals surface area contributed by atoms with Crippen LogP contribution >= 0.6 is 0 Å². The summed E-state index contributed by atoms with van der Waals surface area (Å²) < 4.78 is 3.70. The topological polar surface area (TPSA) is 72.4 Å². The third-order valence-electron chi connectivity index (χ3n) is 3.18. The molecule has 0 bridgehead atoms. The van der Waals surface area contributed by atoms with Crippen molar-refractivity contribution in [3.8, 4) is 11.5 Å². The van der Waals surface area contributed by atoms with Gasteiger partial charge in [0.05, 0.1) is 11.8 Å². The molecule has 3 rings (SSSR count). The fourth-order valence-electron chi connectivity index (χ4n) is 2.11. The Balaban J connectivity index is 2.22. The summed E-state index contributed by atoms with van der Waals surface area (Å²) in [7, 11) is 0. The molecule has 102 valence electrons. The van der Waals surface area contributed by atoms with E-state index in [9.17, 15) is 9.90 Å². The lowest BCUT2D eigenvalue weighted by atomic mass is 10.3. The zero-order valence-corrected chi connectivity index (χ0v) is 11.2. The van der Waals surface area contributed by atoms with Crippen LogP contribution in [-0.4, -0.2) is 30.0 Å².